The number of hydrogen-bond acceptors (Lipinski definition) is 1. The molecule has 0 aromatic heterocycles. The van der Waals surface area contributed by atoms with Crippen LogP contribution in [0, 0.1) is 6.92 Å². The van der Waals surface area contributed by atoms with Crippen molar-refractivity contribution < 1.29 is 4.79 Å². The van der Waals surface area contributed by atoms with Crippen molar-refractivity contribution in [2.45, 2.75) is 6.92 Å². The zero-order chi connectivity index (χ0) is 14.5. The summed E-state index contributed by atoms with van der Waals surface area (Å²) in [5.74, 6) is -0.182. The molecule has 4 heteroatoms. The number of anilines is 1. The van der Waals surface area contributed by atoms with E-state index in [0.29, 0.717) is 5.02 Å². The SMILES string of the molecule is Cc1ccc(Cl)cc1NC(=O)/C=C\c1ccc(Br)cc1. The molecule has 102 valence electrons. The Morgan fingerprint density at radius 3 is 2.60 bits per heavy atom. The summed E-state index contributed by atoms with van der Waals surface area (Å²) in [6.07, 6.45) is 3.27. The summed E-state index contributed by atoms with van der Waals surface area (Å²) >= 11 is 9.28. The second-order valence-corrected chi connectivity index (χ2v) is 5.69. The lowest BCUT2D eigenvalue weighted by molar-refractivity contribution is -0.111. The van der Waals surface area contributed by atoms with Gasteiger partial charge in [0.15, 0.2) is 0 Å². The van der Waals surface area contributed by atoms with Crippen molar-refractivity contribution >= 4 is 45.2 Å². The molecular weight excluding hydrogens is 338 g/mol. The highest BCUT2D eigenvalue weighted by molar-refractivity contribution is 9.10. The van der Waals surface area contributed by atoms with Gasteiger partial charge in [0, 0.05) is 21.3 Å². The summed E-state index contributed by atoms with van der Waals surface area (Å²) in [6.45, 7) is 1.92. The van der Waals surface area contributed by atoms with E-state index in [2.05, 4.69) is 21.2 Å². The molecular formula is C16H13BrClNO. The van der Waals surface area contributed by atoms with Gasteiger partial charge in [-0.15, -0.1) is 0 Å². The van der Waals surface area contributed by atoms with Crippen LogP contribution in [0.4, 0.5) is 5.69 Å². The number of halogens is 2. The Morgan fingerprint density at radius 1 is 1.20 bits per heavy atom. The smallest absolute Gasteiger partial charge is 0.248 e. The fraction of sp³-hybridized carbons (Fsp3) is 0.0625. The maximum Gasteiger partial charge on any atom is 0.248 e. The van der Waals surface area contributed by atoms with Crippen molar-refractivity contribution in [3.05, 3.63) is 69.2 Å². The molecule has 1 amide bonds. The van der Waals surface area contributed by atoms with E-state index in [1.165, 1.54) is 6.08 Å². The number of aryl methyl sites for hydroxylation is 1. The molecule has 0 bridgehead atoms. The number of rotatable bonds is 3. The second kappa shape index (κ2) is 6.73. The van der Waals surface area contributed by atoms with Crippen LogP contribution >= 0.6 is 27.5 Å². The van der Waals surface area contributed by atoms with Crippen LogP contribution in [-0.4, -0.2) is 5.91 Å². The summed E-state index contributed by atoms with van der Waals surface area (Å²) in [7, 11) is 0. The lowest BCUT2D eigenvalue weighted by Crippen LogP contribution is -2.08. The minimum Gasteiger partial charge on any atom is -0.322 e. The average Bonchev–Trinajstić information content (AvgIpc) is 2.42. The van der Waals surface area contributed by atoms with Crippen LogP contribution in [0.3, 0.4) is 0 Å². The fourth-order valence-electron chi connectivity index (χ4n) is 1.65. The maximum atomic E-state index is 11.9. The molecule has 0 fully saturated rings. The van der Waals surface area contributed by atoms with Crippen LogP contribution in [0.15, 0.2) is 53.0 Å². The highest BCUT2D eigenvalue weighted by Crippen LogP contribution is 2.20. The fourth-order valence-corrected chi connectivity index (χ4v) is 2.09. The molecule has 0 spiro atoms. The molecule has 20 heavy (non-hydrogen) atoms. The standard InChI is InChI=1S/C16H13BrClNO/c1-11-2-8-14(18)10-15(11)19-16(20)9-5-12-3-6-13(17)7-4-12/h2-10H,1H3,(H,19,20)/b9-5-. The molecule has 0 saturated carbocycles. The van der Waals surface area contributed by atoms with Crippen molar-refractivity contribution in [1.29, 1.82) is 0 Å². The molecule has 2 aromatic carbocycles. The van der Waals surface area contributed by atoms with Crippen LogP contribution in [0.5, 0.6) is 0 Å². The first-order valence-corrected chi connectivity index (χ1v) is 7.22. The van der Waals surface area contributed by atoms with Crippen LogP contribution in [-0.2, 0) is 4.79 Å². The summed E-state index contributed by atoms with van der Waals surface area (Å²) in [6, 6.07) is 13.1. The predicted molar refractivity (Wildman–Crippen MR) is 88.0 cm³/mol. The largest absolute Gasteiger partial charge is 0.322 e. The Kier molecular flexibility index (Phi) is 4.99. The predicted octanol–water partition coefficient (Wildman–Crippen LogP) is 5.06. The van der Waals surface area contributed by atoms with E-state index in [1.54, 1.807) is 18.2 Å². The molecule has 1 N–H and O–H groups in total. The van der Waals surface area contributed by atoms with E-state index in [-0.39, 0.29) is 5.91 Å². The maximum absolute atomic E-state index is 11.9. The topological polar surface area (TPSA) is 29.1 Å². The molecule has 0 unspecified atom stereocenters. The lowest BCUT2D eigenvalue weighted by Gasteiger charge is -2.06. The number of carbonyl (C=O) groups is 1. The zero-order valence-electron chi connectivity index (χ0n) is 10.9. The van der Waals surface area contributed by atoms with Gasteiger partial charge in [0.1, 0.15) is 0 Å². The minimum absolute atomic E-state index is 0.182. The van der Waals surface area contributed by atoms with Crippen molar-refractivity contribution in [1.82, 2.24) is 0 Å². The van der Waals surface area contributed by atoms with E-state index < -0.39 is 0 Å². The second-order valence-electron chi connectivity index (χ2n) is 4.33. The van der Waals surface area contributed by atoms with E-state index >= 15 is 0 Å². The van der Waals surface area contributed by atoms with E-state index in [4.69, 9.17) is 11.6 Å². The third kappa shape index (κ3) is 4.22. The normalized spacial score (nSPS) is 10.8. The van der Waals surface area contributed by atoms with Crippen molar-refractivity contribution in [2.24, 2.45) is 0 Å². The van der Waals surface area contributed by atoms with Gasteiger partial charge in [0.2, 0.25) is 5.91 Å². The third-order valence-electron chi connectivity index (χ3n) is 2.75. The Hall–Kier alpha value is -1.58. The first-order chi connectivity index (χ1) is 9.54. The molecule has 2 aromatic rings. The molecule has 0 aliphatic carbocycles. The summed E-state index contributed by atoms with van der Waals surface area (Å²) < 4.78 is 1.01. The average molecular weight is 351 g/mol. The van der Waals surface area contributed by atoms with Gasteiger partial charge >= 0.3 is 0 Å². The Balaban J connectivity index is 2.05. The molecule has 0 heterocycles. The molecule has 0 aliphatic rings. The van der Waals surface area contributed by atoms with Gasteiger partial charge in [-0.05, 0) is 48.4 Å². The van der Waals surface area contributed by atoms with Gasteiger partial charge < -0.3 is 5.32 Å². The molecule has 2 rings (SSSR count). The monoisotopic (exact) mass is 349 g/mol. The quantitative estimate of drug-likeness (QED) is 0.770. The van der Waals surface area contributed by atoms with Gasteiger partial charge in [-0.2, -0.15) is 0 Å². The van der Waals surface area contributed by atoms with Gasteiger partial charge in [-0.3, -0.25) is 4.79 Å². The van der Waals surface area contributed by atoms with Crippen LogP contribution in [0.25, 0.3) is 6.08 Å². The van der Waals surface area contributed by atoms with Gasteiger partial charge in [-0.1, -0.05) is 45.7 Å². The molecule has 0 atom stereocenters. The van der Waals surface area contributed by atoms with Gasteiger partial charge in [0.05, 0.1) is 0 Å². The Labute approximate surface area is 131 Å². The van der Waals surface area contributed by atoms with E-state index in [9.17, 15) is 4.79 Å². The van der Waals surface area contributed by atoms with Gasteiger partial charge in [-0.25, -0.2) is 0 Å². The van der Waals surface area contributed by atoms with E-state index in [0.717, 1.165) is 21.3 Å². The number of hydrogen-bond donors (Lipinski definition) is 1. The first-order valence-electron chi connectivity index (χ1n) is 6.05. The number of carbonyl (C=O) groups excluding carboxylic acids is 1. The lowest BCUT2D eigenvalue weighted by atomic mass is 10.2. The number of amides is 1. The summed E-state index contributed by atoms with van der Waals surface area (Å²) in [5.41, 5.74) is 2.66. The molecule has 2 nitrogen and oxygen atoms in total. The number of benzene rings is 2. The number of nitrogens with one attached hydrogen (secondary N) is 1. The summed E-state index contributed by atoms with van der Waals surface area (Å²) in [5, 5.41) is 3.41. The van der Waals surface area contributed by atoms with Crippen molar-refractivity contribution in [3.8, 4) is 0 Å². The van der Waals surface area contributed by atoms with Crippen molar-refractivity contribution in [2.75, 3.05) is 5.32 Å². The first kappa shape index (κ1) is 14.8. The van der Waals surface area contributed by atoms with E-state index in [1.807, 2.05) is 37.3 Å². The zero-order valence-corrected chi connectivity index (χ0v) is 13.2. The van der Waals surface area contributed by atoms with Crippen LogP contribution in [0.1, 0.15) is 11.1 Å². The van der Waals surface area contributed by atoms with Crippen LogP contribution in [0.2, 0.25) is 5.02 Å². The third-order valence-corrected chi connectivity index (χ3v) is 3.52. The minimum atomic E-state index is -0.182. The van der Waals surface area contributed by atoms with Crippen molar-refractivity contribution in [3.63, 3.8) is 0 Å². The van der Waals surface area contributed by atoms with Crippen LogP contribution < -0.4 is 5.32 Å². The highest BCUT2D eigenvalue weighted by atomic mass is 79.9. The summed E-state index contributed by atoms with van der Waals surface area (Å²) in [4.78, 5) is 11.9. The highest BCUT2D eigenvalue weighted by Gasteiger charge is 2.02. The Bertz CT molecular complexity index is 650. The Morgan fingerprint density at radius 2 is 1.90 bits per heavy atom. The molecule has 0 radical (unpaired) electrons. The molecule has 0 aliphatic heterocycles. The molecule has 0 saturated heterocycles. The van der Waals surface area contributed by atoms with Gasteiger partial charge in [0.25, 0.3) is 0 Å².